The number of nitrogens with one attached hydrogen (secondary N) is 1. The van der Waals surface area contributed by atoms with E-state index in [-0.39, 0.29) is 23.3 Å². The van der Waals surface area contributed by atoms with E-state index in [0.29, 0.717) is 31.6 Å². The van der Waals surface area contributed by atoms with E-state index in [9.17, 15) is 13.2 Å². The molecule has 1 aliphatic heterocycles. The summed E-state index contributed by atoms with van der Waals surface area (Å²) in [6, 6.07) is 1.87. The molecule has 1 saturated heterocycles. The molecule has 10 heteroatoms. The maximum absolute atomic E-state index is 12.9. The molecule has 2 aromatic heterocycles. The van der Waals surface area contributed by atoms with Gasteiger partial charge in [0.15, 0.2) is 0 Å². The predicted octanol–water partition coefficient (Wildman–Crippen LogP) is 0.662. The van der Waals surface area contributed by atoms with Crippen LogP contribution in [-0.4, -0.2) is 51.3 Å². The van der Waals surface area contributed by atoms with Gasteiger partial charge in [0.25, 0.3) is 0 Å². The summed E-state index contributed by atoms with van der Waals surface area (Å²) in [6.07, 6.45) is 4.41. The van der Waals surface area contributed by atoms with Gasteiger partial charge in [0.05, 0.1) is 30.0 Å². The number of hydrogen-bond donors (Lipinski definition) is 1. The first-order chi connectivity index (χ1) is 12.8. The van der Waals surface area contributed by atoms with Gasteiger partial charge in [0.1, 0.15) is 4.90 Å². The smallest absolute Gasteiger partial charge is 0.246 e. The highest BCUT2D eigenvalue weighted by atomic mass is 32.2. The Labute approximate surface area is 159 Å². The van der Waals surface area contributed by atoms with Crippen molar-refractivity contribution in [2.45, 2.75) is 44.7 Å². The molecular formula is C17H26N6O3S. The van der Waals surface area contributed by atoms with Crippen LogP contribution in [0.5, 0.6) is 0 Å². The molecule has 0 spiro atoms. The quantitative estimate of drug-likeness (QED) is 0.776. The summed E-state index contributed by atoms with van der Waals surface area (Å²) < 4.78 is 30.7. The van der Waals surface area contributed by atoms with Crippen molar-refractivity contribution in [1.82, 2.24) is 29.2 Å². The molecule has 27 heavy (non-hydrogen) atoms. The van der Waals surface area contributed by atoms with E-state index in [4.69, 9.17) is 0 Å². The van der Waals surface area contributed by atoms with Crippen molar-refractivity contribution in [3.8, 4) is 0 Å². The van der Waals surface area contributed by atoms with Gasteiger partial charge in [-0.2, -0.15) is 14.5 Å². The van der Waals surface area contributed by atoms with Gasteiger partial charge in [-0.3, -0.25) is 14.2 Å². The van der Waals surface area contributed by atoms with Gasteiger partial charge in [-0.1, -0.05) is 0 Å². The Balaban J connectivity index is 1.66. The Morgan fingerprint density at radius 3 is 2.81 bits per heavy atom. The first kappa shape index (κ1) is 19.6. The molecule has 0 saturated carbocycles. The van der Waals surface area contributed by atoms with Crippen molar-refractivity contribution in [2.75, 3.05) is 13.1 Å². The van der Waals surface area contributed by atoms with Crippen molar-refractivity contribution in [3.63, 3.8) is 0 Å². The number of rotatable bonds is 6. The van der Waals surface area contributed by atoms with Crippen LogP contribution in [0.1, 0.15) is 31.2 Å². The molecule has 1 aliphatic rings. The third-order valence-electron chi connectivity index (χ3n) is 5.11. The van der Waals surface area contributed by atoms with Crippen molar-refractivity contribution in [2.24, 2.45) is 13.0 Å². The summed E-state index contributed by atoms with van der Waals surface area (Å²) >= 11 is 0. The van der Waals surface area contributed by atoms with Gasteiger partial charge in [-0.05, 0) is 32.8 Å². The lowest BCUT2D eigenvalue weighted by Crippen LogP contribution is -2.45. The molecular weight excluding hydrogens is 368 g/mol. The number of aromatic nitrogens is 4. The SMILES string of the molecule is CCn1nccc1CNC(=O)C1CCCN(S(=O)(=O)c2cnn(C)c2C)C1. The average Bonchev–Trinajstić information content (AvgIpc) is 3.26. The fourth-order valence-corrected chi connectivity index (χ4v) is 5.07. The highest BCUT2D eigenvalue weighted by Crippen LogP contribution is 2.25. The van der Waals surface area contributed by atoms with Gasteiger partial charge >= 0.3 is 0 Å². The molecule has 2 aromatic rings. The number of hydrogen-bond acceptors (Lipinski definition) is 5. The summed E-state index contributed by atoms with van der Waals surface area (Å²) in [6.45, 7) is 5.45. The molecule has 1 atom stereocenters. The van der Waals surface area contributed by atoms with Crippen LogP contribution in [0, 0.1) is 12.8 Å². The van der Waals surface area contributed by atoms with Crippen molar-refractivity contribution in [3.05, 3.63) is 29.8 Å². The van der Waals surface area contributed by atoms with Crippen LogP contribution in [0.2, 0.25) is 0 Å². The van der Waals surface area contributed by atoms with Crippen LogP contribution < -0.4 is 5.32 Å². The third kappa shape index (κ3) is 3.91. The number of amides is 1. The lowest BCUT2D eigenvalue weighted by atomic mass is 9.99. The van der Waals surface area contributed by atoms with Crippen molar-refractivity contribution >= 4 is 15.9 Å². The maximum Gasteiger partial charge on any atom is 0.246 e. The lowest BCUT2D eigenvalue weighted by molar-refractivity contribution is -0.126. The normalized spacial score (nSPS) is 18.6. The van der Waals surface area contributed by atoms with E-state index in [0.717, 1.165) is 12.2 Å². The third-order valence-corrected chi connectivity index (χ3v) is 7.08. The molecule has 3 rings (SSSR count). The topological polar surface area (TPSA) is 102 Å². The van der Waals surface area contributed by atoms with Crippen LogP contribution in [0.4, 0.5) is 0 Å². The van der Waals surface area contributed by atoms with Gasteiger partial charge in [0.2, 0.25) is 15.9 Å². The second kappa shape index (κ2) is 7.81. The first-order valence-electron chi connectivity index (χ1n) is 9.11. The van der Waals surface area contributed by atoms with Crippen LogP contribution in [-0.2, 0) is 35.0 Å². The standard InChI is InChI=1S/C17H26N6O3S/c1-4-23-15(7-8-19-23)10-18-17(24)14-6-5-9-22(12-14)27(25,26)16-11-20-21(3)13(16)2/h7-8,11,14H,4-6,9-10,12H2,1-3H3,(H,18,24). The van der Waals surface area contributed by atoms with E-state index < -0.39 is 10.0 Å². The number of piperidine rings is 1. The van der Waals surface area contributed by atoms with Gasteiger partial charge in [0, 0.05) is 32.9 Å². The zero-order valence-electron chi connectivity index (χ0n) is 15.9. The highest BCUT2D eigenvalue weighted by molar-refractivity contribution is 7.89. The number of carbonyl (C=O) groups is 1. The largest absolute Gasteiger partial charge is 0.350 e. The summed E-state index contributed by atoms with van der Waals surface area (Å²) in [5, 5.41) is 11.1. The molecule has 0 aliphatic carbocycles. The molecule has 1 fully saturated rings. The van der Waals surface area contributed by atoms with Crippen LogP contribution >= 0.6 is 0 Å². The molecule has 0 aromatic carbocycles. The lowest BCUT2D eigenvalue weighted by Gasteiger charge is -2.31. The Kier molecular flexibility index (Phi) is 5.66. The molecule has 0 radical (unpaired) electrons. The van der Waals surface area contributed by atoms with E-state index >= 15 is 0 Å². The second-order valence-corrected chi connectivity index (χ2v) is 8.68. The zero-order chi connectivity index (χ0) is 19.6. The maximum atomic E-state index is 12.9. The number of aryl methyl sites for hydroxylation is 2. The minimum atomic E-state index is -3.65. The Bertz CT molecular complexity index is 917. The molecule has 148 valence electrons. The summed E-state index contributed by atoms with van der Waals surface area (Å²) in [5.41, 5.74) is 1.52. The summed E-state index contributed by atoms with van der Waals surface area (Å²) in [4.78, 5) is 12.8. The fourth-order valence-electron chi connectivity index (χ4n) is 3.36. The highest BCUT2D eigenvalue weighted by Gasteiger charge is 2.34. The van der Waals surface area contributed by atoms with Gasteiger partial charge in [-0.25, -0.2) is 8.42 Å². The van der Waals surface area contributed by atoms with Gasteiger partial charge < -0.3 is 5.32 Å². The minimum Gasteiger partial charge on any atom is -0.350 e. The minimum absolute atomic E-state index is 0.123. The number of nitrogens with zero attached hydrogens (tertiary/aromatic N) is 5. The van der Waals surface area contributed by atoms with E-state index in [1.165, 1.54) is 15.2 Å². The molecule has 1 amide bonds. The molecule has 0 bridgehead atoms. The van der Waals surface area contributed by atoms with E-state index in [2.05, 4.69) is 15.5 Å². The van der Waals surface area contributed by atoms with Crippen molar-refractivity contribution < 1.29 is 13.2 Å². The molecule has 3 heterocycles. The van der Waals surface area contributed by atoms with Crippen LogP contribution in [0.15, 0.2) is 23.4 Å². The summed E-state index contributed by atoms with van der Waals surface area (Å²) in [5.74, 6) is -0.481. The number of carbonyl (C=O) groups excluding carboxylic acids is 1. The number of sulfonamides is 1. The Hall–Kier alpha value is -2.20. The fraction of sp³-hybridized carbons (Fsp3) is 0.588. The Morgan fingerprint density at radius 1 is 1.37 bits per heavy atom. The van der Waals surface area contributed by atoms with Crippen LogP contribution in [0.3, 0.4) is 0 Å². The van der Waals surface area contributed by atoms with E-state index in [1.807, 2.05) is 17.7 Å². The zero-order valence-corrected chi connectivity index (χ0v) is 16.7. The monoisotopic (exact) mass is 394 g/mol. The Morgan fingerprint density at radius 2 is 2.15 bits per heavy atom. The van der Waals surface area contributed by atoms with Gasteiger partial charge in [-0.15, -0.1) is 0 Å². The summed E-state index contributed by atoms with van der Waals surface area (Å²) in [7, 11) is -1.94. The average molecular weight is 395 g/mol. The van der Waals surface area contributed by atoms with E-state index in [1.54, 1.807) is 20.2 Å². The molecule has 1 unspecified atom stereocenters. The second-order valence-electron chi connectivity index (χ2n) is 6.78. The molecule has 9 nitrogen and oxygen atoms in total. The predicted molar refractivity (Wildman–Crippen MR) is 99.2 cm³/mol. The van der Waals surface area contributed by atoms with Crippen LogP contribution in [0.25, 0.3) is 0 Å². The first-order valence-corrected chi connectivity index (χ1v) is 10.6. The van der Waals surface area contributed by atoms with Crippen molar-refractivity contribution in [1.29, 1.82) is 0 Å². The molecule has 1 N–H and O–H groups in total.